The third-order valence-electron chi connectivity index (χ3n) is 2.19. The third-order valence-corrected chi connectivity index (χ3v) is 2.19. The van der Waals surface area contributed by atoms with Gasteiger partial charge in [-0.05, 0) is 18.6 Å². The van der Waals surface area contributed by atoms with Gasteiger partial charge in [0, 0.05) is 6.42 Å². The normalized spacial score (nSPS) is 9.61. The van der Waals surface area contributed by atoms with Gasteiger partial charge in [0.2, 0.25) is 0 Å². The molecule has 0 heterocycles. The zero-order valence-corrected chi connectivity index (χ0v) is 10.3. The third kappa shape index (κ3) is 5.89. The van der Waals surface area contributed by atoms with Gasteiger partial charge in [-0.1, -0.05) is 38.0 Å². The van der Waals surface area contributed by atoms with Crippen LogP contribution in [-0.2, 0) is 9.63 Å². The van der Waals surface area contributed by atoms with E-state index in [0.29, 0.717) is 12.2 Å². The molecule has 18 heavy (non-hydrogen) atoms. The van der Waals surface area contributed by atoms with E-state index in [2.05, 4.69) is 4.84 Å². The van der Waals surface area contributed by atoms with Crippen LogP contribution in [0, 0.1) is 0 Å². The van der Waals surface area contributed by atoms with Gasteiger partial charge in [0.05, 0.1) is 0 Å². The number of hydrogen-bond donors (Lipinski definition) is 1. The molecule has 0 aliphatic rings. The van der Waals surface area contributed by atoms with Gasteiger partial charge in [0.1, 0.15) is 5.75 Å². The first kappa shape index (κ1) is 14.0. The van der Waals surface area contributed by atoms with Crippen molar-refractivity contribution in [3.05, 3.63) is 30.3 Å². The predicted octanol–water partition coefficient (Wildman–Crippen LogP) is 2.81. The van der Waals surface area contributed by atoms with Crippen LogP contribution in [0.3, 0.4) is 0 Å². The van der Waals surface area contributed by atoms with Gasteiger partial charge in [-0.15, -0.1) is 5.48 Å². The summed E-state index contributed by atoms with van der Waals surface area (Å²) in [5, 5.41) is 0. The first-order valence-corrected chi connectivity index (χ1v) is 5.95. The molecule has 5 nitrogen and oxygen atoms in total. The Morgan fingerprint density at radius 2 is 1.89 bits per heavy atom. The van der Waals surface area contributed by atoms with Crippen molar-refractivity contribution in [3.8, 4) is 5.75 Å². The SMILES string of the molecule is CCCCCC(=O)ONC(=O)Oc1ccccc1. The summed E-state index contributed by atoms with van der Waals surface area (Å²) in [5.41, 5.74) is 1.95. The Morgan fingerprint density at radius 3 is 2.56 bits per heavy atom. The molecule has 0 unspecified atom stereocenters. The minimum absolute atomic E-state index is 0.291. The molecule has 0 saturated heterocycles. The van der Waals surface area contributed by atoms with Gasteiger partial charge in [0.25, 0.3) is 0 Å². The van der Waals surface area contributed by atoms with E-state index < -0.39 is 12.1 Å². The number of rotatable bonds is 5. The number of hydrogen-bond acceptors (Lipinski definition) is 4. The van der Waals surface area contributed by atoms with E-state index in [1.165, 1.54) is 0 Å². The van der Waals surface area contributed by atoms with Crippen molar-refractivity contribution in [2.24, 2.45) is 0 Å². The van der Waals surface area contributed by atoms with Crippen LogP contribution in [0.1, 0.15) is 32.6 Å². The minimum atomic E-state index is -0.815. The lowest BCUT2D eigenvalue weighted by atomic mass is 10.2. The second-order valence-corrected chi connectivity index (χ2v) is 3.74. The van der Waals surface area contributed by atoms with Crippen LogP contribution in [0.2, 0.25) is 0 Å². The second kappa shape index (κ2) is 8.11. The molecule has 0 aromatic heterocycles. The number of amides is 1. The summed E-state index contributed by atoms with van der Waals surface area (Å²) in [4.78, 5) is 27.0. The van der Waals surface area contributed by atoms with Crippen LogP contribution in [0.25, 0.3) is 0 Å². The fourth-order valence-corrected chi connectivity index (χ4v) is 1.29. The Bertz CT molecular complexity index is 378. The van der Waals surface area contributed by atoms with Crippen molar-refractivity contribution in [3.63, 3.8) is 0 Å². The van der Waals surface area contributed by atoms with Crippen LogP contribution in [-0.4, -0.2) is 12.1 Å². The maximum atomic E-state index is 11.2. The molecule has 98 valence electrons. The van der Waals surface area contributed by atoms with E-state index in [9.17, 15) is 9.59 Å². The second-order valence-electron chi connectivity index (χ2n) is 3.74. The number of unbranched alkanes of at least 4 members (excludes halogenated alkanes) is 2. The zero-order valence-electron chi connectivity index (χ0n) is 10.3. The molecule has 0 bridgehead atoms. The Labute approximate surface area is 106 Å². The fourth-order valence-electron chi connectivity index (χ4n) is 1.29. The van der Waals surface area contributed by atoms with Gasteiger partial charge in [-0.25, -0.2) is 9.59 Å². The fraction of sp³-hybridized carbons (Fsp3) is 0.385. The molecule has 1 aromatic rings. The molecule has 0 aliphatic heterocycles. The average molecular weight is 251 g/mol. The van der Waals surface area contributed by atoms with Gasteiger partial charge >= 0.3 is 12.1 Å². The lowest BCUT2D eigenvalue weighted by Gasteiger charge is -2.06. The minimum Gasteiger partial charge on any atom is -0.408 e. The van der Waals surface area contributed by atoms with Crippen molar-refractivity contribution < 1.29 is 19.2 Å². The van der Waals surface area contributed by atoms with Crippen LogP contribution >= 0.6 is 0 Å². The average Bonchev–Trinajstić information content (AvgIpc) is 2.38. The van der Waals surface area contributed by atoms with E-state index in [4.69, 9.17) is 4.74 Å². The number of hydroxylamine groups is 1. The number of carbonyl (C=O) groups is 2. The predicted molar refractivity (Wildman–Crippen MR) is 65.8 cm³/mol. The molecule has 1 aromatic carbocycles. The largest absolute Gasteiger partial charge is 0.446 e. The molecule has 1 amide bonds. The monoisotopic (exact) mass is 251 g/mol. The quantitative estimate of drug-likeness (QED) is 0.645. The summed E-state index contributed by atoms with van der Waals surface area (Å²) >= 11 is 0. The topological polar surface area (TPSA) is 64.6 Å². The van der Waals surface area contributed by atoms with Crippen molar-refractivity contribution in [2.45, 2.75) is 32.6 Å². The number of para-hydroxylation sites is 1. The van der Waals surface area contributed by atoms with Crippen LogP contribution in [0.4, 0.5) is 4.79 Å². The highest BCUT2D eigenvalue weighted by Gasteiger charge is 2.08. The Kier molecular flexibility index (Phi) is 6.32. The van der Waals surface area contributed by atoms with Crippen molar-refractivity contribution in [1.29, 1.82) is 0 Å². The summed E-state index contributed by atoms with van der Waals surface area (Å²) < 4.78 is 4.86. The lowest BCUT2D eigenvalue weighted by molar-refractivity contribution is -0.149. The number of ether oxygens (including phenoxy) is 1. The first-order valence-electron chi connectivity index (χ1n) is 5.95. The summed E-state index contributed by atoms with van der Waals surface area (Å²) in [6.07, 6.45) is 2.22. The van der Waals surface area contributed by atoms with Crippen LogP contribution < -0.4 is 10.2 Å². The van der Waals surface area contributed by atoms with E-state index in [1.54, 1.807) is 30.3 Å². The smallest absolute Gasteiger partial charge is 0.408 e. The van der Waals surface area contributed by atoms with E-state index >= 15 is 0 Å². The van der Waals surface area contributed by atoms with Gasteiger partial charge in [0.15, 0.2) is 0 Å². The van der Waals surface area contributed by atoms with Crippen molar-refractivity contribution in [1.82, 2.24) is 5.48 Å². The van der Waals surface area contributed by atoms with E-state index in [0.717, 1.165) is 19.3 Å². The molecule has 5 heteroatoms. The van der Waals surface area contributed by atoms with Crippen LogP contribution in [0.15, 0.2) is 30.3 Å². The molecular formula is C13H17NO4. The number of nitrogens with one attached hydrogen (secondary N) is 1. The summed E-state index contributed by atoms with van der Waals surface area (Å²) in [6, 6.07) is 8.53. The molecule has 0 spiro atoms. The molecule has 0 aliphatic carbocycles. The highest BCUT2D eigenvalue weighted by atomic mass is 16.7. The van der Waals surface area contributed by atoms with E-state index in [-0.39, 0.29) is 0 Å². The highest BCUT2D eigenvalue weighted by Crippen LogP contribution is 2.08. The van der Waals surface area contributed by atoms with Gasteiger partial charge in [-0.2, -0.15) is 0 Å². The lowest BCUT2D eigenvalue weighted by Crippen LogP contribution is -2.29. The van der Waals surface area contributed by atoms with E-state index in [1.807, 2.05) is 12.4 Å². The van der Waals surface area contributed by atoms with Crippen molar-refractivity contribution in [2.75, 3.05) is 0 Å². The molecular weight excluding hydrogens is 234 g/mol. The molecule has 0 saturated carbocycles. The molecule has 0 fully saturated rings. The highest BCUT2D eigenvalue weighted by molar-refractivity contribution is 5.74. The maximum absolute atomic E-state index is 11.2. The summed E-state index contributed by atoms with van der Waals surface area (Å²) in [6.45, 7) is 2.04. The summed E-state index contributed by atoms with van der Waals surface area (Å²) in [7, 11) is 0. The Morgan fingerprint density at radius 1 is 1.17 bits per heavy atom. The number of benzene rings is 1. The number of carbonyl (C=O) groups excluding carboxylic acids is 2. The van der Waals surface area contributed by atoms with Gasteiger partial charge < -0.3 is 9.57 Å². The maximum Gasteiger partial charge on any atom is 0.446 e. The standard InChI is InChI=1S/C13H17NO4/c1-2-3-5-10-12(15)18-14-13(16)17-11-8-6-4-7-9-11/h4,6-9H,2-3,5,10H2,1H3,(H,14,16). The summed E-state index contributed by atoms with van der Waals surface area (Å²) in [5.74, 6) is -0.0782. The Balaban J connectivity index is 2.19. The van der Waals surface area contributed by atoms with Gasteiger partial charge in [-0.3, -0.25) is 0 Å². The van der Waals surface area contributed by atoms with Crippen molar-refractivity contribution >= 4 is 12.1 Å². The molecule has 1 N–H and O–H groups in total. The molecule has 0 atom stereocenters. The zero-order chi connectivity index (χ0) is 13.2. The first-order chi connectivity index (χ1) is 8.72. The molecule has 1 rings (SSSR count). The van der Waals surface area contributed by atoms with Crippen LogP contribution in [0.5, 0.6) is 5.75 Å². The Hall–Kier alpha value is -2.04. The molecule has 0 radical (unpaired) electrons.